The Morgan fingerprint density at radius 2 is 0.600 bits per heavy atom. The molecule has 0 saturated heterocycles. The second-order valence-corrected chi connectivity index (χ2v) is 23.1. The third kappa shape index (κ3) is 6.45. The van der Waals surface area contributed by atoms with Gasteiger partial charge in [-0.25, -0.2) is 0 Å². The van der Waals surface area contributed by atoms with Gasteiger partial charge >= 0.3 is 0 Å². The molecular weight excluding hydrogens is 1050 g/mol. The molecule has 0 saturated carbocycles. The average molecular weight is 1100 g/mol. The summed E-state index contributed by atoms with van der Waals surface area (Å²) in [5, 5.41) is 39.0. The van der Waals surface area contributed by atoms with Crippen LogP contribution in [0, 0.1) is 22.7 Å². The molecule has 0 amide bonds. The summed E-state index contributed by atoms with van der Waals surface area (Å²) in [7, 11) is 0. The summed E-state index contributed by atoms with van der Waals surface area (Å²) >= 11 is 1.78. The highest BCUT2D eigenvalue weighted by molar-refractivity contribution is 7.26. The zero-order valence-corrected chi connectivity index (χ0v) is 46.3. The number of nitrogens with zero attached hydrogens (tertiary/aromatic N) is 6. The van der Waals surface area contributed by atoms with E-state index in [1.54, 1.807) is 11.3 Å². The second kappa shape index (κ2) is 18.0. The maximum Gasteiger partial charge on any atom is 0.104 e. The molecule has 0 aliphatic rings. The lowest BCUT2D eigenvalue weighted by atomic mass is 9.89. The number of thiophene rings is 1. The van der Waals surface area contributed by atoms with Crippen molar-refractivity contribution in [2.45, 2.75) is 0 Å². The monoisotopic (exact) mass is 1100 g/mol. The highest BCUT2D eigenvalue weighted by Crippen LogP contribution is 2.52. The lowest BCUT2D eigenvalue weighted by Gasteiger charge is -2.27. The van der Waals surface area contributed by atoms with E-state index in [0.29, 0.717) is 33.9 Å². The Hall–Kier alpha value is -11.5. The first-order valence-electron chi connectivity index (χ1n) is 28.6. The first-order valence-corrected chi connectivity index (χ1v) is 29.5. The standard InChI is InChI=1S/C78H44N6S/c79-45-62-73(81-64-35-12-5-26-52(64)53-27-6-13-36-65(53)81)74(82-66-37-14-7-28-54(66)55-29-8-15-38-67(55)82)63(46-80)76(75(62)83-68-39-16-9-30-56(68)57-31-10-17-40-69(57)83)84-70-41-20-34-59(51-25-4-3-24-50(51)49-33-19-22-47-21-1-2-23-48(47)49)72(70)61-44-43-60-58-32-11-18-42-71(58)85-78(60)77(61)84/h1-44H. The molecule has 0 aliphatic carbocycles. The fourth-order valence-electron chi connectivity index (χ4n) is 14.5. The van der Waals surface area contributed by atoms with Crippen molar-refractivity contribution in [1.29, 1.82) is 10.5 Å². The number of benzene rings is 13. The molecule has 0 fully saturated rings. The van der Waals surface area contributed by atoms with Crippen LogP contribution in [-0.4, -0.2) is 18.3 Å². The lowest BCUT2D eigenvalue weighted by molar-refractivity contribution is 1.03. The largest absolute Gasteiger partial charge is 0.306 e. The minimum absolute atomic E-state index is 0.415. The predicted octanol–water partition coefficient (Wildman–Crippen LogP) is 20.7. The summed E-state index contributed by atoms with van der Waals surface area (Å²) in [5.41, 5.74) is 15.1. The van der Waals surface area contributed by atoms with Crippen LogP contribution in [0.5, 0.6) is 0 Å². The van der Waals surface area contributed by atoms with Crippen molar-refractivity contribution in [3.8, 4) is 57.1 Å². The van der Waals surface area contributed by atoms with Crippen LogP contribution in [0.1, 0.15) is 11.1 Å². The molecule has 7 heteroatoms. The van der Waals surface area contributed by atoms with Gasteiger partial charge in [0.15, 0.2) is 0 Å². The molecule has 13 aromatic carbocycles. The van der Waals surface area contributed by atoms with Crippen molar-refractivity contribution in [1.82, 2.24) is 18.3 Å². The first kappa shape index (κ1) is 47.2. The average Bonchev–Trinajstić information content (AvgIpc) is 1.75. The number of hydrogen-bond donors (Lipinski definition) is 0. The van der Waals surface area contributed by atoms with Gasteiger partial charge in [0.05, 0.1) is 71.6 Å². The SMILES string of the molecule is N#Cc1c(-n2c3ccccc3c3ccccc32)c(-n2c3ccccc3c3ccccc32)c(C#N)c(-n2c3cccc(-c4ccccc4-c4cccc5ccccc45)c3c3ccc4c5ccccc5sc4c32)c1-n1c2ccccc2c2ccccc21. The van der Waals surface area contributed by atoms with Crippen LogP contribution in [0.3, 0.4) is 0 Å². The van der Waals surface area contributed by atoms with E-state index in [1.165, 1.54) is 10.8 Å². The predicted molar refractivity (Wildman–Crippen MR) is 354 cm³/mol. The van der Waals surface area contributed by atoms with Crippen molar-refractivity contribution < 1.29 is 0 Å². The Bertz CT molecular complexity index is 5860. The topological polar surface area (TPSA) is 67.3 Å². The third-order valence-corrected chi connectivity index (χ3v) is 19.0. The van der Waals surface area contributed by atoms with Gasteiger partial charge in [0.1, 0.15) is 23.3 Å². The number of fused-ring (bicyclic) bond motifs is 17. The molecule has 0 bridgehead atoms. The molecule has 6 nitrogen and oxygen atoms in total. The Morgan fingerprint density at radius 3 is 1.09 bits per heavy atom. The summed E-state index contributed by atoms with van der Waals surface area (Å²) in [5.74, 6) is 0. The van der Waals surface area contributed by atoms with Crippen LogP contribution >= 0.6 is 11.3 Å². The highest BCUT2D eigenvalue weighted by Gasteiger charge is 2.35. The quantitative estimate of drug-likeness (QED) is 0.166. The number of rotatable bonds is 6. The van der Waals surface area contributed by atoms with Gasteiger partial charge in [0.2, 0.25) is 0 Å². The van der Waals surface area contributed by atoms with Crippen LogP contribution in [0.15, 0.2) is 267 Å². The van der Waals surface area contributed by atoms with E-state index >= 15 is 0 Å². The molecule has 18 rings (SSSR count). The number of para-hydroxylation sites is 6. The van der Waals surface area contributed by atoms with E-state index in [9.17, 15) is 10.5 Å². The van der Waals surface area contributed by atoms with Crippen LogP contribution < -0.4 is 0 Å². The molecule has 5 aromatic heterocycles. The van der Waals surface area contributed by atoms with E-state index in [0.717, 1.165) is 130 Å². The van der Waals surface area contributed by atoms with E-state index in [-0.39, 0.29) is 0 Å². The van der Waals surface area contributed by atoms with Gasteiger partial charge in [-0.3, -0.25) is 0 Å². The molecule has 0 spiro atoms. The second-order valence-electron chi connectivity index (χ2n) is 22.0. The number of hydrogen-bond acceptors (Lipinski definition) is 3. The van der Waals surface area contributed by atoms with Gasteiger partial charge < -0.3 is 18.3 Å². The Kier molecular flexibility index (Phi) is 10.00. The fourth-order valence-corrected chi connectivity index (χ4v) is 15.7. The summed E-state index contributed by atoms with van der Waals surface area (Å²) in [6.45, 7) is 0. The van der Waals surface area contributed by atoms with E-state index in [2.05, 4.69) is 297 Å². The van der Waals surface area contributed by atoms with Gasteiger partial charge in [-0.15, -0.1) is 11.3 Å². The smallest absolute Gasteiger partial charge is 0.104 e. The zero-order chi connectivity index (χ0) is 56.0. The lowest BCUT2D eigenvalue weighted by Crippen LogP contribution is -2.16. The summed E-state index contributed by atoms with van der Waals surface area (Å²) in [6, 6.07) is 101. The minimum atomic E-state index is 0.415. The fraction of sp³-hybridized carbons (Fsp3) is 0. The number of aromatic nitrogens is 4. The van der Waals surface area contributed by atoms with Crippen molar-refractivity contribution in [2.24, 2.45) is 0 Å². The minimum Gasteiger partial charge on any atom is -0.306 e. The molecule has 0 radical (unpaired) electrons. The van der Waals surface area contributed by atoms with Gasteiger partial charge in [0, 0.05) is 58.6 Å². The van der Waals surface area contributed by atoms with Crippen LogP contribution in [0.2, 0.25) is 0 Å². The molecule has 18 aromatic rings. The van der Waals surface area contributed by atoms with E-state index in [4.69, 9.17) is 0 Å². The Morgan fingerprint density at radius 1 is 0.259 bits per heavy atom. The van der Waals surface area contributed by atoms with Crippen molar-refractivity contribution in [2.75, 3.05) is 0 Å². The maximum atomic E-state index is 13.1. The molecule has 0 unspecified atom stereocenters. The molecule has 0 N–H and O–H groups in total. The van der Waals surface area contributed by atoms with Crippen LogP contribution in [0.4, 0.5) is 0 Å². The van der Waals surface area contributed by atoms with Gasteiger partial charge in [-0.2, -0.15) is 10.5 Å². The molecule has 5 heterocycles. The highest BCUT2D eigenvalue weighted by atomic mass is 32.1. The third-order valence-electron chi connectivity index (χ3n) is 17.8. The Labute approximate surface area is 490 Å². The summed E-state index contributed by atoms with van der Waals surface area (Å²) in [6.07, 6.45) is 0. The zero-order valence-electron chi connectivity index (χ0n) is 45.5. The summed E-state index contributed by atoms with van der Waals surface area (Å²) in [4.78, 5) is 0. The van der Waals surface area contributed by atoms with Crippen molar-refractivity contribution in [3.63, 3.8) is 0 Å². The molecule has 0 atom stereocenters. The van der Waals surface area contributed by atoms with E-state index < -0.39 is 0 Å². The summed E-state index contributed by atoms with van der Waals surface area (Å²) < 4.78 is 11.5. The normalized spacial score (nSPS) is 12.0. The van der Waals surface area contributed by atoms with Crippen LogP contribution in [-0.2, 0) is 0 Å². The molecule has 392 valence electrons. The molecule has 0 aliphatic heterocycles. The van der Waals surface area contributed by atoms with Gasteiger partial charge in [0.25, 0.3) is 0 Å². The molecular formula is C78H44N6S. The first-order chi connectivity index (χ1) is 42.2. The van der Waals surface area contributed by atoms with Crippen LogP contribution in [0.25, 0.3) is 163 Å². The number of nitriles is 2. The maximum absolute atomic E-state index is 13.1. The van der Waals surface area contributed by atoms with Gasteiger partial charge in [-0.05, 0) is 81.6 Å². The molecule has 85 heavy (non-hydrogen) atoms. The van der Waals surface area contributed by atoms with Crippen molar-refractivity contribution >= 4 is 130 Å². The van der Waals surface area contributed by atoms with Gasteiger partial charge in [-0.1, -0.05) is 218 Å². The van der Waals surface area contributed by atoms with Crippen molar-refractivity contribution in [3.05, 3.63) is 278 Å². The van der Waals surface area contributed by atoms with E-state index in [1.807, 2.05) is 0 Å². The Balaban J connectivity index is 1.13.